The number of nitrogens with zero attached hydrogens (tertiary/aromatic N) is 1. The van der Waals surface area contributed by atoms with Gasteiger partial charge >= 0.3 is 0 Å². The Morgan fingerprint density at radius 3 is 2.72 bits per heavy atom. The van der Waals surface area contributed by atoms with E-state index in [1.54, 1.807) is 12.5 Å². The average molecular weight is 305 g/mol. The van der Waals surface area contributed by atoms with E-state index in [0.717, 1.165) is 21.2 Å². The van der Waals surface area contributed by atoms with Gasteiger partial charge in [-0.15, -0.1) is 0 Å². The highest BCUT2D eigenvalue weighted by Gasteiger charge is 2.19. The summed E-state index contributed by atoms with van der Waals surface area (Å²) in [6.45, 7) is 0. The van der Waals surface area contributed by atoms with Crippen molar-refractivity contribution in [1.82, 2.24) is 5.16 Å². The van der Waals surface area contributed by atoms with Crippen LogP contribution in [0.2, 0.25) is 0 Å². The van der Waals surface area contributed by atoms with E-state index in [9.17, 15) is 0 Å². The molecule has 4 nitrogen and oxygen atoms in total. The van der Waals surface area contributed by atoms with Crippen LogP contribution in [0, 0.1) is 0 Å². The quantitative estimate of drug-likeness (QED) is 0.778. The van der Waals surface area contributed by atoms with Gasteiger partial charge in [-0.2, -0.15) is 0 Å². The number of nitrogens with two attached hydrogens (primary N) is 1. The Morgan fingerprint density at radius 2 is 2.00 bits per heavy atom. The second-order valence-electron chi connectivity index (χ2n) is 3.76. The molecule has 0 bridgehead atoms. The number of benzene rings is 1. The Hall–Kier alpha value is -2.01. The van der Waals surface area contributed by atoms with Crippen molar-refractivity contribution in [2.75, 3.05) is 5.73 Å². The van der Waals surface area contributed by atoms with E-state index in [1.165, 1.54) is 0 Å². The zero-order valence-electron chi connectivity index (χ0n) is 9.26. The lowest BCUT2D eigenvalue weighted by Crippen LogP contribution is -1.88. The van der Waals surface area contributed by atoms with E-state index in [0.29, 0.717) is 5.69 Å². The van der Waals surface area contributed by atoms with E-state index in [2.05, 4.69) is 21.1 Å². The molecule has 0 radical (unpaired) electrons. The first-order valence-electron chi connectivity index (χ1n) is 5.30. The van der Waals surface area contributed by atoms with Crippen molar-refractivity contribution in [3.8, 4) is 22.4 Å². The summed E-state index contributed by atoms with van der Waals surface area (Å²) < 4.78 is 11.1. The Balaban J connectivity index is 2.24. The molecule has 0 saturated carbocycles. The summed E-state index contributed by atoms with van der Waals surface area (Å²) in [5.74, 6) is 0.290. The Bertz CT molecular complexity index is 674. The predicted molar refractivity (Wildman–Crippen MR) is 71.8 cm³/mol. The van der Waals surface area contributed by atoms with Crippen molar-refractivity contribution in [2.24, 2.45) is 0 Å². The van der Waals surface area contributed by atoms with Gasteiger partial charge in [0.2, 0.25) is 5.88 Å². The van der Waals surface area contributed by atoms with Crippen LogP contribution in [0.25, 0.3) is 22.4 Å². The topological polar surface area (TPSA) is 65.2 Å². The molecule has 90 valence electrons. The van der Waals surface area contributed by atoms with Crippen molar-refractivity contribution in [3.63, 3.8) is 0 Å². The number of anilines is 1. The minimum Gasteiger partial charge on any atom is -0.472 e. The van der Waals surface area contributed by atoms with Gasteiger partial charge < -0.3 is 14.7 Å². The third-order valence-corrected chi connectivity index (χ3v) is 3.35. The summed E-state index contributed by atoms with van der Waals surface area (Å²) in [6, 6.07) is 9.59. The lowest BCUT2D eigenvalue weighted by atomic mass is 10.0. The minimum absolute atomic E-state index is 0.290. The van der Waals surface area contributed by atoms with Crippen LogP contribution in [0.4, 0.5) is 5.88 Å². The molecule has 18 heavy (non-hydrogen) atoms. The summed E-state index contributed by atoms with van der Waals surface area (Å²) in [7, 11) is 0. The van der Waals surface area contributed by atoms with Gasteiger partial charge in [0.05, 0.1) is 18.1 Å². The van der Waals surface area contributed by atoms with Crippen LogP contribution in [-0.2, 0) is 0 Å². The predicted octanol–water partition coefficient (Wildman–Crippen LogP) is 3.95. The number of hydrogen-bond donors (Lipinski definition) is 1. The Morgan fingerprint density at radius 1 is 1.17 bits per heavy atom. The van der Waals surface area contributed by atoms with Gasteiger partial charge in [-0.3, -0.25) is 0 Å². The summed E-state index contributed by atoms with van der Waals surface area (Å²) in [4.78, 5) is 0. The molecule has 2 heterocycles. The maximum atomic E-state index is 5.87. The first-order valence-corrected chi connectivity index (χ1v) is 6.09. The molecule has 3 aromatic rings. The number of furan rings is 1. The zero-order valence-corrected chi connectivity index (χ0v) is 10.8. The molecule has 0 amide bonds. The molecule has 0 aliphatic carbocycles. The highest BCUT2D eigenvalue weighted by molar-refractivity contribution is 9.10. The number of aromatic nitrogens is 1. The van der Waals surface area contributed by atoms with Crippen LogP contribution in [0.1, 0.15) is 0 Å². The zero-order chi connectivity index (χ0) is 12.5. The lowest BCUT2D eigenvalue weighted by molar-refractivity contribution is 0.439. The Kier molecular flexibility index (Phi) is 2.68. The number of rotatable bonds is 2. The molecule has 2 aromatic heterocycles. The molecule has 0 spiro atoms. The van der Waals surface area contributed by atoms with E-state index in [4.69, 9.17) is 14.7 Å². The van der Waals surface area contributed by atoms with Gasteiger partial charge in [0.1, 0.15) is 5.69 Å². The molecule has 0 atom stereocenters. The smallest absolute Gasteiger partial charge is 0.230 e. The van der Waals surface area contributed by atoms with E-state index >= 15 is 0 Å². The van der Waals surface area contributed by atoms with Gasteiger partial charge in [0.25, 0.3) is 0 Å². The van der Waals surface area contributed by atoms with E-state index < -0.39 is 0 Å². The van der Waals surface area contributed by atoms with Crippen molar-refractivity contribution in [3.05, 3.63) is 47.3 Å². The van der Waals surface area contributed by atoms with Crippen LogP contribution >= 0.6 is 15.9 Å². The fraction of sp³-hybridized carbons (Fsp3) is 0. The van der Waals surface area contributed by atoms with Crippen molar-refractivity contribution in [1.29, 1.82) is 0 Å². The van der Waals surface area contributed by atoms with Crippen LogP contribution in [0.15, 0.2) is 56.3 Å². The molecule has 2 N–H and O–H groups in total. The normalized spacial score (nSPS) is 10.7. The molecule has 0 aliphatic heterocycles. The third kappa shape index (κ3) is 1.73. The second-order valence-corrected chi connectivity index (χ2v) is 4.62. The van der Waals surface area contributed by atoms with Gasteiger partial charge in [-0.1, -0.05) is 39.3 Å². The minimum atomic E-state index is 0.290. The van der Waals surface area contributed by atoms with E-state index in [-0.39, 0.29) is 5.88 Å². The van der Waals surface area contributed by atoms with Crippen molar-refractivity contribution in [2.45, 2.75) is 0 Å². The van der Waals surface area contributed by atoms with Gasteiger partial charge in [0.15, 0.2) is 0 Å². The van der Waals surface area contributed by atoms with Crippen molar-refractivity contribution < 1.29 is 8.94 Å². The number of nitrogen functional groups attached to an aromatic ring is 1. The molecular weight excluding hydrogens is 296 g/mol. The summed E-state index contributed by atoms with van der Waals surface area (Å²) >= 11 is 3.50. The number of hydrogen-bond acceptors (Lipinski definition) is 4. The summed E-state index contributed by atoms with van der Waals surface area (Å²) in [5, 5.41) is 3.99. The van der Waals surface area contributed by atoms with Crippen LogP contribution in [-0.4, -0.2) is 5.16 Å². The highest BCUT2D eigenvalue weighted by Crippen LogP contribution is 2.39. The molecule has 0 saturated heterocycles. The fourth-order valence-electron chi connectivity index (χ4n) is 1.82. The third-order valence-electron chi connectivity index (χ3n) is 2.66. The molecule has 0 fully saturated rings. The molecular formula is C13H9BrN2O2. The van der Waals surface area contributed by atoms with Crippen molar-refractivity contribution >= 4 is 21.8 Å². The second kappa shape index (κ2) is 4.34. The van der Waals surface area contributed by atoms with Crippen LogP contribution in [0.3, 0.4) is 0 Å². The Labute approximate surface area is 112 Å². The van der Waals surface area contributed by atoms with E-state index in [1.807, 2.05) is 30.3 Å². The standard InChI is InChI=1S/C13H9BrN2O2/c14-10-4-2-1-3-9(10)11-12(16-18-13(11)15)8-5-6-17-7-8/h1-7H,15H2. The van der Waals surface area contributed by atoms with Crippen LogP contribution < -0.4 is 5.73 Å². The summed E-state index contributed by atoms with van der Waals surface area (Å²) in [5.41, 5.74) is 9.08. The fourth-order valence-corrected chi connectivity index (χ4v) is 2.31. The monoisotopic (exact) mass is 304 g/mol. The van der Waals surface area contributed by atoms with Gasteiger partial charge in [-0.05, 0) is 12.1 Å². The van der Waals surface area contributed by atoms with Gasteiger partial charge in [0, 0.05) is 15.6 Å². The highest BCUT2D eigenvalue weighted by atomic mass is 79.9. The summed E-state index contributed by atoms with van der Waals surface area (Å²) in [6.07, 6.45) is 3.20. The molecule has 0 aliphatic rings. The maximum absolute atomic E-state index is 5.87. The van der Waals surface area contributed by atoms with Crippen LogP contribution in [0.5, 0.6) is 0 Å². The maximum Gasteiger partial charge on any atom is 0.230 e. The average Bonchev–Trinajstić information content (AvgIpc) is 2.99. The molecule has 5 heteroatoms. The first-order chi connectivity index (χ1) is 8.77. The number of halogens is 1. The molecule has 1 aromatic carbocycles. The SMILES string of the molecule is Nc1onc(-c2ccoc2)c1-c1ccccc1Br. The first kappa shape index (κ1) is 11.1. The lowest BCUT2D eigenvalue weighted by Gasteiger charge is -2.03. The van der Waals surface area contributed by atoms with Gasteiger partial charge in [-0.25, -0.2) is 0 Å². The molecule has 0 unspecified atom stereocenters. The molecule has 3 rings (SSSR count). The largest absolute Gasteiger partial charge is 0.472 e.